The lowest BCUT2D eigenvalue weighted by Crippen LogP contribution is -2.25. The van der Waals surface area contributed by atoms with Crippen LogP contribution in [-0.2, 0) is 4.79 Å². The molecule has 0 saturated carbocycles. The zero-order valence-electron chi connectivity index (χ0n) is 11.6. The molecule has 0 unspecified atom stereocenters. The molecule has 0 saturated heterocycles. The highest BCUT2D eigenvalue weighted by Gasteiger charge is 2.06. The average Bonchev–Trinajstić information content (AvgIpc) is 2.28. The molecule has 5 nitrogen and oxygen atoms in total. The van der Waals surface area contributed by atoms with Crippen LogP contribution in [0, 0.1) is 6.92 Å². The van der Waals surface area contributed by atoms with E-state index < -0.39 is 0 Å². The van der Waals surface area contributed by atoms with E-state index in [9.17, 15) is 4.79 Å². The van der Waals surface area contributed by atoms with Crippen LogP contribution in [0.4, 0.5) is 5.95 Å². The summed E-state index contributed by atoms with van der Waals surface area (Å²) in [6.45, 7) is 9.26. The predicted octanol–water partition coefficient (Wildman–Crippen LogP) is 1.85. The lowest BCUT2D eigenvalue weighted by molar-refractivity contribution is -0.120. The van der Waals surface area contributed by atoms with Gasteiger partial charge in [-0.15, -0.1) is 0 Å². The smallest absolute Gasteiger partial charge is 0.223 e. The maximum Gasteiger partial charge on any atom is 0.223 e. The maximum atomic E-state index is 11.3. The van der Waals surface area contributed by atoms with Crippen LogP contribution in [0.15, 0.2) is 6.07 Å². The molecule has 0 fully saturated rings. The number of aryl methyl sites for hydroxylation is 1. The van der Waals surface area contributed by atoms with Gasteiger partial charge in [0.05, 0.1) is 0 Å². The number of nitrogens with zero attached hydrogens (tertiary/aromatic N) is 2. The van der Waals surface area contributed by atoms with Crippen molar-refractivity contribution in [3.8, 4) is 0 Å². The lowest BCUT2D eigenvalue weighted by Gasteiger charge is -2.10. The van der Waals surface area contributed by atoms with Gasteiger partial charge < -0.3 is 10.6 Å². The Bertz CT molecular complexity index is 404. The molecule has 2 N–H and O–H groups in total. The highest BCUT2D eigenvalue weighted by molar-refractivity contribution is 5.76. The van der Waals surface area contributed by atoms with Crippen LogP contribution < -0.4 is 10.6 Å². The largest absolute Gasteiger partial charge is 0.356 e. The lowest BCUT2D eigenvalue weighted by atomic mass is 10.1. The van der Waals surface area contributed by atoms with Gasteiger partial charge in [0, 0.05) is 30.9 Å². The van der Waals surface area contributed by atoms with Gasteiger partial charge in [-0.2, -0.15) is 0 Å². The molecule has 0 aromatic carbocycles. The zero-order valence-corrected chi connectivity index (χ0v) is 11.6. The fourth-order valence-electron chi connectivity index (χ4n) is 1.54. The third-order valence-electron chi connectivity index (χ3n) is 2.47. The second-order valence-electron chi connectivity index (χ2n) is 4.54. The summed E-state index contributed by atoms with van der Waals surface area (Å²) in [7, 11) is 0. The van der Waals surface area contributed by atoms with Crippen LogP contribution in [0.5, 0.6) is 0 Å². The van der Waals surface area contributed by atoms with E-state index in [1.165, 1.54) is 0 Å². The van der Waals surface area contributed by atoms with Crippen molar-refractivity contribution in [2.24, 2.45) is 0 Å². The molecule has 0 bridgehead atoms. The van der Waals surface area contributed by atoms with E-state index in [1.54, 1.807) is 0 Å². The first-order chi connectivity index (χ1) is 8.52. The van der Waals surface area contributed by atoms with Crippen LogP contribution in [0.3, 0.4) is 0 Å². The van der Waals surface area contributed by atoms with Gasteiger partial charge in [0.15, 0.2) is 0 Å². The van der Waals surface area contributed by atoms with Gasteiger partial charge in [-0.3, -0.25) is 4.79 Å². The van der Waals surface area contributed by atoms with Gasteiger partial charge in [-0.1, -0.05) is 13.8 Å². The summed E-state index contributed by atoms with van der Waals surface area (Å²) in [4.78, 5) is 20.0. The van der Waals surface area contributed by atoms with Gasteiger partial charge in [0.1, 0.15) is 0 Å². The molecule has 1 amide bonds. The molecule has 1 aromatic heterocycles. The Kier molecular flexibility index (Phi) is 5.55. The maximum absolute atomic E-state index is 11.3. The summed E-state index contributed by atoms with van der Waals surface area (Å²) >= 11 is 0. The van der Waals surface area contributed by atoms with Crippen molar-refractivity contribution in [2.45, 2.75) is 40.0 Å². The average molecular weight is 250 g/mol. The van der Waals surface area contributed by atoms with Crippen LogP contribution in [-0.4, -0.2) is 29.0 Å². The van der Waals surface area contributed by atoms with Crippen LogP contribution in [0.2, 0.25) is 0 Å². The van der Waals surface area contributed by atoms with Crippen molar-refractivity contribution in [1.29, 1.82) is 0 Å². The number of carbonyl (C=O) groups is 1. The number of rotatable bonds is 6. The predicted molar refractivity (Wildman–Crippen MR) is 72.6 cm³/mol. The summed E-state index contributed by atoms with van der Waals surface area (Å²) in [5.74, 6) is 1.01. The fourth-order valence-corrected chi connectivity index (χ4v) is 1.54. The van der Waals surface area contributed by atoms with E-state index in [1.807, 2.05) is 19.9 Å². The number of nitrogens with one attached hydrogen (secondary N) is 2. The Morgan fingerprint density at radius 3 is 2.72 bits per heavy atom. The molecule has 0 aliphatic heterocycles. The molecule has 100 valence electrons. The van der Waals surface area contributed by atoms with Crippen LogP contribution in [0.25, 0.3) is 0 Å². The second-order valence-corrected chi connectivity index (χ2v) is 4.54. The van der Waals surface area contributed by atoms with Crippen LogP contribution in [0.1, 0.15) is 44.5 Å². The van der Waals surface area contributed by atoms with Gasteiger partial charge in [0.2, 0.25) is 11.9 Å². The summed E-state index contributed by atoms with van der Waals surface area (Å²) in [6, 6.07) is 1.99. The molecule has 18 heavy (non-hydrogen) atoms. The van der Waals surface area contributed by atoms with E-state index in [0.717, 1.165) is 11.4 Å². The van der Waals surface area contributed by atoms with Crippen molar-refractivity contribution in [3.63, 3.8) is 0 Å². The molecule has 0 radical (unpaired) electrons. The molecule has 0 aliphatic rings. The number of carbonyl (C=O) groups excluding carboxylic acids is 1. The highest BCUT2D eigenvalue weighted by atomic mass is 16.1. The van der Waals surface area contributed by atoms with Gasteiger partial charge in [0.25, 0.3) is 0 Å². The minimum absolute atomic E-state index is 0.0433. The summed E-state index contributed by atoms with van der Waals surface area (Å²) in [5, 5.41) is 5.84. The molecular weight excluding hydrogens is 228 g/mol. The van der Waals surface area contributed by atoms with Crippen molar-refractivity contribution in [1.82, 2.24) is 15.3 Å². The molecule has 1 rings (SSSR count). The van der Waals surface area contributed by atoms with Crippen molar-refractivity contribution >= 4 is 11.9 Å². The number of aromatic nitrogens is 2. The highest BCUT2D eigenvalue weighted by Crippen LogP contribution is 2.14. The van der Waals surface area contributed by atoms with E-state index in [-0.39, 0.29) is 5.91 Å². The Balaban J connectivity index is 2.54. The summed E-state index contributed by atoms with van der Waals surface area (Å²) in [5.41, 5.74) is 1.96. The molecule has 0 atom stereocenters. The topological polar surface area (TPSA) is 66.9 Å². The van der Waals surface area contributed by atoms with E-state index in [0.29, 0.717) is 31.4 Å². The molecule has 5 heteroatoms. The number of hydrogen-bond acceptors (Lipinski definition) is 4. The van der Waals surface area contributed by atoms with Gasteiger partial charge in [-0.05, 0) is 25.8 Å². The molecular formula is C13H22N4O. The zero-order chi connectivity index (χ0) is 13.5. The number of hydrogen-bond donors (Lipinski definition) is 2. The molecule has 0 aliphatic carbocycles. The van der Waals surface area contributed by atoms with E-state index in [4.69, 9.17) is 0 Å². The normalized spacial score (nSPS) is 10.5. The van der Waals surface area contributed by atoms with Crippen molar-refractivity contribution in [2.75, 3.05) is 18.4 Å². The minimum atomic E-state index is 0.0433. The Morgan fingerprint density at radius 1 is 1.39 bits per heavy atom. The monoisotopic (exact) mass is 250 g/mol. The third-order valence-corrected chi connectivity index (χ3v) is 2.47. The first-order valence-corrected chi connectivity index (χ1v) is 6.39. The van der Waals surface area contributed by atoms with Gasteiger partial charge >= 0.3 is 0 Å². The van der Waals surface area contributed by atoms with Crippen molar-refractivity contribution < 1.29 is 4.79 Å². The van der Waals surface area contributed by atoms with Crippen LogP contribution >= 0.6 is 0 Å². The standard InChI is InChI=1S/C13H22N4O/c1-5-14-12(18)6-7-15-13-16-10(4)8-11(17-13)9(2)3/h8-9H,5-7H2,1-4H3,(H,14,18)(H,15,16,17). The van der Waals surface area contributed by atoms with Crippen molar-refractivity contribution in [3.05, 3.63) is 17.5 Å². The van der Waals surface area contributed by atoms with E-state index in [2.05, 4.69) is 34.4 Å². The quantitative estimate of drug-likeness (QED) is 0.808. The summed E-state index contributed by atoms with van der Waals surface area (Å²) in [6.07, 6.45) is 0.433. The first-order valence-electron chi connectivity index (χ1n) is 6.39. The Morgan fingerprint density at radius 2 is 2.11 bits per heavy atom. The second kappa shape index (κ2) is 6.93. The SMILES string of the molecule is CCNC(=O)CCNc1nc(C)cc(C(C)C)n1. The minimum Gasteiger partial charge on any atom is -0.356 e. The fraction of sp³-hybridized carbons (Fsp3) is 0.615. The molecule has 1 heterocycles. The van der Waals surface area contributed by atoms with E-state index >= 15 is 0 Å². The third kappa shape index (κ3) is 4.69. The number of amides is 1. The van der Waals surface area contributed by atoms with Gasteiger partial charge in [-0.25, -0.2) is 9.97 Å². The molecule has 0 spiro atoms. The number of anilines is 1. The Labute approximate surface area is 108 Å². The first kappa shape index (κ1) is 14.4. The molecule has 1 aromatic rings. The Hall–Kier alpha value is -1.65. The summed E-state index contributed by atoms with van der Waals surface area (Å²) < 4.78 is 0.